The molecule has 2 aromatic carbocycles. The van der Waals surface area contributed by atoms with Gasteiger partial charge >= 0.3 is 0 Å². The normalized spacial score (nSPS) is 10.2. The van der Waals surface area contributed by atoms with Crippen molar-refractivity contribution in [3.63, 3.8) is 0 Å². The third kappa shape index (κ3) is 5.51. The number of nitrogens with two attached hydrogens (primary N) is 1. The van der Waals surface area contributed by atoms with E-state index in [0.717, 1.165) is 15.7 Å². The summed E-state index contributed by atoms with van der Waals surface area (Å²) in [5.74, 6) is -0.229. The molecule has 0 aliphatic carbocycles. The number of nitrogens with one attached hydrogen (secondary N) is 3. The first-order chi connectivity index (χ1) is 13.5. The number of pyridine rings is 1. The van der Waals surface area contributed by atoms with Crippen molar-refractivity contribution < 1.29 is 4.79 Å². The van der Waals surface area contributed by atoms with Gasteiger partial charge in [0.1, 0.15) is 0 Å². The molecule has 0 radical (unpaired) electrons. The van der Waals surface area contributed by atoms with E-state index in [9.17, 15) is 4.79 Å². The Bertz CT molecular complexity index is 994. The Morgan fingerprint density at radius 3 is 2.54 bits per heavy atom. The molecule has 0 aliphatic heterocycles. The van der Waals surface area contributed by atoms with Gasteiger partial charge in [0.2, 0.25) is 0 Å². The largest absolute Gasteiger partial charge is 0.397 e. The topological polar surface area (TPSA) is 92.1 Å². The molecule has 5 N–H and O–H groups in total. The Morgan fingerprint density at radius 2 is 1.82 bits per heavy atom. The average molecular weight is 456 g/mol. The van der Waals surface area contributed by atoms with Crippen molar-refractivity contribution in [3.8, 4) is 0 Å². The van der Waals surface area contributed by atoms with Crippen LogP contribution in [0.3, 0.4) is 0 Å². The first kappa shape index (κ1) is 19.8. The summed E-state index contributed by atoms with van der Waals surface area (Å²) in [6.07, 6.45) is 3.50. The highest BCUT2D eigenvalue weighted by Crippen LogP contribution is 2.18. The number of anilines is 3. The van der Waals surface area contributed by atoms with E-state index in [0.29, 0.717) is 28.6 Å². The lowest BCUT2D eigenvalue weighted by Gasteiger charge is -2.11. The summed E-state index contributed by atoms with van der Waals surface area (Å²) in [6.45, 7) is 0.553. The van der Waals surface area contributed by atoms with Gasteiger partial charge < -0.3 is 21.7 Å². The van der Waals surface area contributed by atoms with Crippen LogP contribution in [0, 0.1) is 0 Å². The van der Waals surface area contributed by atoms with Crippen molar-refractivity contribution in [2.45, 2.75) is 6.54 Å². The maximum Gasteiger partial charge on any atom is 0.255 e. The number of carbonyl (C=O) groups excluding carboxylic acids is 1. The number of hydrogen-bond acceptors (Lipinski definition) is 4. The Kier molecular flexibility index (Phi) is 6.57. The van der Waals surface area contributed by atoms with E-state index in [4.69, 9.17) is 18.0 Å². The van der Waals surface area contributed by atoms with Crippen LogP contribution < -0.4 is 21.7 Å². The van der Waals surface area contributed by atoms with Crippen LogP contribution >= 0.6 is 28.1 Å². The van der Waals surface area contributed by atoms with Gasteiger partial charge in [0.25, 0.3) is 5.91 Å². The number of aromatic nitrogens is 1. The van der Waals surface area contributed by atoms with Crippen LogP contribution in [-0.4, -0.2) is 16.0 Å². The van der Waals surface area contributed by atoms with Gasteiger partial charge in [-0.15, -0.1) is 0 Å². The minimum Gasteiger partial charge on any atom is -0.397 e. The van der Waals surface area contributed by atoms with E-state index in [1.807, 2.05) is 18.2 Å². The Balaban J connectivity index is 1.54. The number of para-hydroxylation sites is 2. The van der Waals surface area contributed by atoms with Gasteiger partial charge in [0, 0.05) is 34.7 Å². The number of hydrogen-bond donors (Lipinski definition) is 4. The number of halogens is 1. The van der Waals surface area contributed by atoms with Crippen LogP contribution in [0.2, 0.25) is 0 Å². The number of rotatable bonds is 5. The van der Waals surface area contributed by atoms with Gasteiger partial charge in [-0.25, -0.2) is 0 Å². The van der Waals surface area contributed by atoms with Crippen LogP contribution in [0.5, 0.6) is 0 Å². The van der Waals surface area contributed by atoms with E-state index >= 15 is 0 Å². The summed E-state index contributed by atoms with van der Waals surface area (Å²) in [5, 5.41) is 9.48. The van der Waals surface area contributed by atoms with Crippen LogP contribution in [0.25, 0.3) is 0 Å². The lowest BCUT2D eigenvalue weighted by atomic mass is 10.2. The molecule has 6 nitrogen and oxygen atoms in total. The highest BCUT2D eigenvalue weighted by atomic mass is 79.9. The zero-order valence-electron chi connectivity index (χ0n) is 14.8. The Labute approximate surface area is 176 Å². The molecule has 3 rings (SSSR count). The summed E-state index contributed by atoms with van der Waals surface area (Å²) in [6, 6.07) is 16.1. The maximum atomic E-state index is 12.4. The molecule has 1 amide bonds. The van der Waals surface area contributed by atoms with Crippen molar-refractivity contribution in [1.82, 2.24) is 10.3 Å². The second kappa shape index (κ2) is 9.29. The van der Waals surface area contributed by atoms with Gasteiger partial charge in [0.05, 0.1) is 11.4 Å². The van der Waals surface area contributed by atoms with Crippen molar-refractivity contribution in [2.75, 3.05) is 16.4 Å². The Morgan fingerprint density at radius 1 is 1.07 bits per heavy atom. The molecule has 0 saturated heterocycles. The number of carbonyl (C=O) groups is 1. The first-order valence-corrected chi connectivity index (χ1v) is 9.61. The standard InChI is InChI=1S/C20H18BrN5OS/c21-15-9-13(10-23-12-15)11-24-20(28)25-16-7-5-14(6-8-16)19(27)26-18-4-2-1-3-17(18)22/h1-10,12H,11,22H2,(H,26,27)(H2,24,25,28). The number of benzene rings is 2. The fourth-order valence-electron chi connectivity index (χ4n) is 2.42. The van der Waals surface area contributed by atoms with Gasteiger partial charge in [-0.3, -0.25) is 9.78 Å². The summed E-state index contributed by atoms with van der Waals surface area (Å²) in [5.41, 5.74) is 9.26. The molecule has 3 aromatic rings. The molecule has 1 aromatic heterocycles. The minimum atomic E-state index is -0.229. The van der Waals surface area contributed by atoms with Crippen LogP contribution in [0.4, 0.5) is 17.1 Å². The van der Waals surface area contributed by atoms with Gasteiger partial charge in [0.15, 0.2) is 5.11 Å². The minimum absolute atomic E-state index is 0.229. The molecule has 1 heterocycles. The van der Waals surface area contributed by atoms with Crippen molar-refractivity contribution >= 4 is 56.2 Å². The fourth-order valence-corrected chi connectivity index (χ4v) is 3.02. The molecular formula is C20H18BrN5OS. The van der Waals surface area contributed by atoms with Crippen molar-refractivity contribution in [2.24, 2.45) is 0 Å². The molecule has 28 heavy (non-hydrogen) atoms. The molecule has 0 unspecified atom stereocenters. The van der Waals surface area contributed by atoms with Crippen molar-refractivity contribution in [1.29, 1.82) is 0 Å². The first-order valence-electron chi connectivity index (χ1n) is 8.41. The molecule has 8 heteroatoms. The van der Waals surface area contributed by atoms with E-state index < -0.39 is 0 Å². The van der Waals surface area contributed by atoms with Gasteiger partial charge in [-0.1, -0.05) is 12.1 Å². The predicted molar refractivity (Wildman–Crippen MR) is 120 cm³/mol. The van der Waals surface area contributed by atoms with Gasteiger partial charge in [-0.05, 0) is 76.2 Å². The van der Waals surface area contributed by atoms with Crippen LogP contribution in [-0.2, 0) is 6.54 Å². The van der Waals surface area contributed by atoms with Crippen LogP contribution in [0.15, 0.2) is 71.5 Å². The molecule has 0 spiro atoms. The quantitative estimate of drug-likeness (QED) is 0.340. The molecule has 0 bridgehead atoms. The summed E-state index contributed by atoms with van der Waals surface area (Å²) >= 11 is 8.69. The maximum absolute atomic E-state index is 12.4. The lowest BCUT2D eigenvalue weighted by Crippen LogP contribution is -2.27. The molecule has 142 valence electrons. The highest BCUT2D eigenvalue weighted by Gasteiger charge is 2.08. The number of nitrogen functional groups attached to an aromatic ring is 1. The molecular weight excluding hydrogens is 438 g/mol. The van der Waals surface area contributed by atoms with E-state index in [2.05, 4.69) is 36.9 Å². The highest BCUT2D eigenvalue weighted by molar-refractivity contribution is 9.10. The molecule has 0 atom stereocenters. The second-order valence-electron chi connectivity index (χ2n) is 5.94. The van der Waals surface area contributed by atoms with Crippen LogP contribution in [0.1, 0.15) is 15.9 Å². The van der Waals surface area contributed by atoms with E-state index in [-0.39, 0.29) is 5.91 Å². The molecule has 0 saturated carbocycles. The predicted octanol–water partition coefficient (Wildman–Crippen LogP) is 4.17. The summed E-state index contributed by atoms with van der Waals surface area (Å²) in [7, 11) is 0. The Hall–Kier alpha value is -2.97. The van der Waals surface area contributed by atoms with E-state index in [1.165, 1.54) is 0 Å². The van der Waals surface area contributed by atoms with Crippen molar-refractivity contribution in [3.05, 3.63) is 82.6 Å². The lowest BCUT2D eigenvalue weighted by molar-refractivity contribution is 0.102. The molecule has 0 fully saturated rings. The third-order valence-electron chi connectivity index (χ3n) is 3.83. The SMILES string of the molecule is Nc1ccccc1NC(=O)c1ccc(NC(=S)NCc2cncc(Br)c2)cc1. The number of thiocarbonyl (C=S) groups is 1. The number of amides is 1. The smallest absolute Gasteiger partial charge is 0.255 e. The second-order valence-corrected chi connectivity index (χ2v) is 7.26. The number of nitrogens with zero attached hydrogens (tertiary/aromatic N) is 1. The fraction of sp³-hybridized carbons (Fsp3) is 0.0500. The third-order valence-corrected chi connectivity index (χ3v) is 4.51. The average Bonchev–Trinajstić information content (AvgIpc) is 2.69. The zero-order valence-corrected chi connectivity index (χ0v) is 17.2. The zero-order chi connectivity index (χ0) is 19.9. The summed E-state index contributed by atoms with van der Waals surface area (Å²) in [4.78, 5) is 16.5. The summed E-state index contributed by atoms with van der Waals surface area (Å²) < 4.78 is 0.914. The van der Waals surface area contributed by atoms with E-state index in [1.54, 1.807) is 48.8 Å². The van der Waals surface area contributed by atoms with Gasteiger partial charge in [-0.2, -0.15) is 0 Å². The molecule has 0 aliphatic rings. The monoisotopic (exact) mass is 455 g/mol.